The first-order chi connectivity index (χ1) is 7.19. The van der Waals surface area contributed by atoms with Gasteiger partial charge < -0.3 is 30.3 Å². The number of ketones is 1. The molecule has 5 N–H and O–H groups in total. The molecule has 1 fully saturated rings. The third-order valence-corrected chi connectivity index (χ3v) is 3.28. The molecule has 0 amide bonds. The molecule has 1 rings (SSSR count). The monoisotopic (exact) mass is 300 g/mol. The highest BCUT2D eigenvalue weighted by Crippen LogP contribution is 2.38. The largest absolute Gasteiger partial charge is 0.393 e. The van der Waals surface area contributed by atoms with Crippen LogP contribution in [0.1, 0.15) is 6.92 Å². The van der Waals surface area contributed by atoms with Gasteiger partial charge in [0.1, 0.15) is 18.3 Å². The van der Waals surface area contributed by atoms with E-state index in [-0.39, 0.29) is 0 Å². The van der Waals surface area contributed by atoms with Gasteiger partial charge in [-0.15, -0.1) is 0 Å². The van der Waals surface area contributed by atoms with E-state index in [9.17, 15) is 25.2 Å². The number of carbonyl (C=O) groups is 1. The summed E-state index contributed by atoms with van der Waals surface area (Å²) in [6.07, 6.45) is -5.54. The number of carbonyl (C=O) groups excluding carboxylic acids is 1. The normalized spacial score (nSPS) is 49.1. The van der Waals surface area contributed by atoms with Crippen LogP contribution in [0.15, 0.2) is 0 Å². The highest BCUT2D eigenvalue weighted by Gasteiger charge is 2.61. The van der Waals surface area contributed by atoms with E-state index in [0.717, 1.165) is 6.92 Å². The molecule has 1 saturated heterocycles. The lowest BCUT2D eigenvalue weighted by Crippen LogP contribution is -2.71. The summed E-state index contributed by atoms with van der Waals surface area (Å²) >= 11 is 2.56. The predicted molar refractivity (Wildman–Crippen MR) is 53.5 cm³/mol. The Balaban J connectivity index is 3.17. The Morgan fingerprint density at radius 1 is 1.38 bits per heavy atom. The van der Waals surface area contributed by atoms with E-state index in [4.69, 9.17) is 9.84 Å². The second-order valence-electron chi connectivity index (χ2n) is 3.70. The third-order valence-electron chi connectivity index (χ3n) is 2.65. The van der Waals surface area contributed by atoms with Gasteiger partial charge >= 0.3 is 0 Å². The van der Waals surface area contributed by atoms with Crippen LogP contribution in [0.5, 0.6) is 0 Å². The van der Waals surface area contributed by atoms with Crippen molar-refractivity contribution in [3.63, 3.8) is 0 Å². The Labute approximate surface area is 99.4 Å². The molecule has 0 bridgehead atoms. The molecule has 0 radical (unpaired) electrons. The maximum atomic E-state index is 11.3. The summed E-state index contributed by atoms with van der Waals surface area (Å²) in [5, 5.41) is 47.1. The number of aliphatic hydroxyl groups excluding tert-OH is 4. The van der Waals surface area contributed by atoms with Gasteiger partial charge in [0.05, 0.1) is 6.61 Å². The first kappa shape index (κ1) is 14.0. The SMILES string of the molecule is CC(=O)[C@]1(CO)O[C@@](O)(Br)[C@H](O)[C@@H](O)[C@H]1O. The minimum Gasteiger partial charge on any atom is -0.393 e. The summed E-state index contributed by atoms with van der Waals surface area (Å²) in [7, 11) is 0. The van der Waals surface area contributed by atoms with Crippen molar-refractivity contribution >= 4 is 21.7 Å². The number of alkyl halides is 1. The number of halogens is 1. The van der Waals surface area contributed by atoms with E-state index in [0.29, 0.717) is 0 Å². The smallest absolute Gasteiger partial charge is 0.254 e. The van der Waals surface area contributed by atoms with Crippen molar-refractivity contribution in [3.8, 4) is 0 Å². The van der Waals surface area contributed by atoms with E-state index in [1.165, 1.54) is 0 Å². The Hall–Kier alpha value is -0.0900. The second kappa shape index (κ2) is 4.30. The fraction of sp³-hybridized carbons (Fsp3) is 0.875. The summed E-state index contributed by atoms with van der Waals surface area (Å²) in [5.74, 6) is -0.786. The molecular weight excluding hydrogens is 288 g/mol. The molecule has 1 aliphatic heterocycles. The van der Waals surface area contributed by atoms with E-state index in [2.05, 4.69) is 15.9 Å². The number of Topliss-reactive ketones (excluding diaryl/α,β-unsaturated/α-hetero) is 1. The number of hydrogen-bond acceptors (Lipinski definition) is 7. The van der Waals surface area contributed by atoms with Crippen LogP contribution in [0.3, 0.4) is 0 Å². The van der Waals surface area contributed by atoms with Crippen LogP contribution >= 0.6 is 15.9 Å². The minimum absolute atomic E-state index is 0.786. The van der Waals surface area contributed by atoms with Crippen LogP contribution < -0.4 is 0 Å². The average molecular weight is 301 g/mol. The van der Waals surface area contributed by atoms with Gasteiger partial charge in [-0.1, -0.05) is 0 Å². The highest BCUT2D eigenvalue weighted by molar-refractivity contribution is 9.10. The fourth-order valence-corrected chi connectivity index (χ4v) is 2.11. The first-order valence-corrected chi connectivity index (χ1v) is 5.26. The van der Waals surface area contributed by atoms with Gasteiger partial charge in [-0.05, 0) is 22.9 Å². The molecule has 0 spiro atoms. The molecule has 94 valence electrons. The number of hydrogen-bond donors (Lipinski definition) is 5. The minimum atomic E-state index is -2.42. The van der Waals surface area contributed by atoms with E-state index >= 15 is 0 Å². The molecule has 0 aromatic carbocycles. The molecule has 16 heavy (non-hydrogen) atoms. The van der Waals surface area contributed by atoms with Crippen molar-refractivity contribution < 1.29 is 35.1 Å². The lowest BCUT2D eigenvalue weighted by molar-refractivity contribution is -0.328. The molecule has 0 unspecified atom stereocenters. The summed E-state index contributed by atoms with van der Waals surface area (Å²) in [6, 6.07) is 0. The molecule has 5 atom stereocenters. The van der Waals surface area contributed by atoms with Crippen molar-refractivity contribution in [3.05, 3.63) is 0 Å². The fourth-order valence-electron chi connectivity index (χ4n) is 1.55. The summed E-state index contributed by atoms with van der Waals surface area (Å²) in [6.45, 7) is 0.0775. The van der Waals surface area contributed by atoms with Crippen LogP contribution in [0.4, 0.5) is 0 Å². The van der Waals surface area contributed by atoms with Crippen molar-refractivity contribution in [2.75, 3.05) is 6.61 Å². The van der Waals surface area contributed by atoms with Crippen LogP contribution in [-0.4, -0.2) is 66.5 Å². The molecule has 1 aliphatic rings. The van der Waals surface area contributed by atoms with Crippen LogP contribution in [0.2, 0.25) is 0 Å². The Morgan fingerprint density at radius 3 is 2.25 bits per heavy atom. The van der Waals surface area contributed by atoms with Gasteiger partial charge in [-0.25, -0.2) is 0 Å². The second-order valence-corrected chi connectivity index (χ2v) is 4.83. The van der Waals surface area contributed by atoms with Gasteiger partial charge in [-0.2, -0.15) is 0 Å². The summed E-state index contributed by atoms with van der Waals surface area (Å²) < 4.78 is 2.36. The number of rotatable bonds is 2. The Bertz CT molecular complexity index is 294. The molecule has 8 heteroatoms. The molecule has 0 aromatic rings. The molecule has 7 nitrogen and oxygen atoms in total. The van der Waals surface area contributed by atoms with Crippen molar-refractivity contribution in [2.24, 2.45) is 0 Å². The van der Waals surface area contributed by atoms with Crippen molar-refractivity contribution in [1.82, 2.24) is 0 Å². The van der Waals surface area contributed by atoms with E-state index in [1.807, 2.05) is 0 Å². The van der Waals surface area contributed by atoms with Gasteiger partial charge in [0.15, 0.2) is 11.4 Å². The predicted octanol–water partition coefficient (Wildman–Crippen LogP) is -2.54. The van der Waals surface area contributed by atoms with Crippen LogP contribution in [0, 0.1) is 0 Å². The molecular formula is C8H13BrO7. The number of ether oxygens (including phenoxy) is 1. The quantitative estimate of drug-likeness (QED) is 0.356. The zero-order chi connectivity index (χ0) is 12.7. The molecule has 0 saturated carbocycles. The maximum absolute atomic E-state index is 11.3. The van der Waals surface area contributed by atoms with E-state index < -0.39 is 41.0 Å². The lowest BCUT2D eigenvalue weighted by atomic mass is 9.84. The van der Waals surface area contributed by atoms with Gasteiger partial charge in [-0.3, -0.25) is 4.79 Å². The summed E-state index contributed by atoms with van der Waals surface area (Å²) in [4.78, 5) is 11.3. The topological polar surface area (TPSA) is 127 Å². The molecule has 0 aromatic heterocycles. The summed E-state index contributed by atoms with van der Waals surface area (Å²) in [5.41, 5.74) is -2.17. The van der Waals surface area contributed by atoms with Gasteiger partial charge in [0.25, 0.3) is 4.70 Å². The first-order valence-electron chi connectivity index (χ1n) is 4.46. The van der Waals surface area contributed by atoms with Crippen molar-refractivity contribution in [1.29, 1.82) is 0 Å². The highest BCUT2D eigenvalue weighted by atomic mass is 79.9. The Kier molecular flexibility index (Phi) is 3.75. The van der Waals surface area contributed by atoms with Crippen molar-refractivity contribution in [2.45, 2.75) is 35.5 Å². The zero-order valence-corrected chi connectivity index (χ0v) is 9.96. The lowest BCUT2D eigenvalue weighted by Gasteiger charge is -2.48. The van der Waals surface area contributed by atoms with Crippen LogP contribution in [0.25, 0.3) is 0 Å². The van der Waals surface area contributed by atoms with Crippen LogP contribution in [-0.2, 0) is 9.53 Å². The van der Waals surface area contributed by atoms with Gasteiger partial charge in [0, 0.05) is 0 Å². The van der Waals surface area contributed by atoms with E-state index in [1.54, 1.807) is 0 Å². The number of aliphatic hydroxyl groups is 5. The molecule has 0 aliphatic carbocycles. The average Bonchev–Trinajstić information content (AvgIpc) is 2.20. The maximum Gasteiger partial charge on any atom is 0.254 e. The zero-order valence-electron chi connectivity index (χ0n) is 8.37. The van der Waals surface area contributed by atoms with Gasteiger partial charge in [0.2, 0.25) is 0 Å². The third kappa shape index (κ3) is 1.90. The Morgan fingerprint density at radius 2 is 1.88 bits per heavy atom. The standard InChI is InChI=1S/C8H13BrO7/c1-3(11)7(2-10)5(13)4(12)6(14)8(9,15)16-7/h4-6,10,12-15H,2H2,1H3/t4-,5+,6+,7-,8+/m0/s1. The molecule has 1 heterocycles.